The first-order valence-corrected chi connectivity index (χ1v) is 48.5. The summed E-state index contributed by atoms with van der Waals surface area (Å²) in [5, 5.41) is 12.5. The van der Waals surface area contributed by atoms with Gasteiger partial charge in [-0.2, -0.15) is 0 Å². The van der Waals surface area contributed by atoms with Crippen molar-refractivity contribution in [3.05, 3.63) is 348 Å². The van der Waals surface area contributed by atoms with Gasteiger partial charge in [0.15, 0.2) is 39.8 Å². The highest BCUT2D eigenvalue weighted by Gasteiger charge is 2.60. The van der Waals surface area contributed by atoms with Gasteiger partial charge in [0.1, 0.15) is 91.4 Å². The van der Waals surface area contributed by atoms with Crippen molar-refractivity contribution in [3.63, 3.8) is 0 Å². The number of aliphatic hydroxyl groups excluding tert-OH is 1. The Kier molecular flexibility index (Phi) is 31.5. The molecule has 0 spiro atoms. The molecular weight excluding hydrogens is 1650 g/mol. The van der Waals surface area contributed by atoms with Crippen LogP contribution in [-0.4, -0.2) is 173 Å². The zero-order chi connectivity index (χ0) is 86.8. The molecule has 10 aromatic rings. The Balaban J connectivity index is 0.885. The fraction of sp³-hybridized carbons (Fsp3) is 0.388. The summed E-state index contributed by atoms with van der Waals surface area (Å²) in [6, 6.07) is 88.8. The molecular formula is C98H112N2O22S2Si. The number of hydrogen-bond acceptors (Lipinski definition) is 22. The van der Waals surface area contributed by atoms with Crippen LogP contribution in [0, 0.1) is 0 Å². The molecule has 15 rings (SSSR count). The van der Waals surface area contributed by atoms with E-state index in [1.54, 1.807) is 36.4 Å². The van der Waals surface area contributed by atoms with Crippen LogP contribution in [0.15, 0.2) is 313 Å². The first kappa shape index (κ1) is 91.3. The van der Waals surface area contributed by atoms with Crippen LogP contribution in [0.2, 0.25) is 18.1 Å². The van der Waals surface area contributed by atoms with Crippen molar-refractivity contribution in [2.45, 2.75) is 231 Å². The summed E-state index contributed by atoms with van der Waals surface area (Å²) in [4.78, 5) is -0.221. The third-order valence-electron chi connectivity index (χ3n) is 23.4. The molecule has 5 saturated heterocycles. The van der Waals surface area contributed by atoms with Crippen molar-refractivity contribution < 1.29 is 102 Å². The highest BCUT2D eigenvalue weighted by atomic mass is 32.2. The molecule has 24 nitrogen and oxygen atoms in total. The maximum absolute atomic E-state index is 16.0. The number of nitrogens with one attached hydrogen (secondary N) is 2. The van der Waals surface area contributed by atoms with Gasteiger partial charge in [-0.3, -0.25) is 0 Å². The lowest BCUT2D eigenvalue weighted by molar-refractivity contribution is -0.391. The SMILES string of the molecule is C[C@@H]1O[C@H](OCC2O[C@@H](O[Si](C)(C)C(C)(C)C)C(NS(=O)(=O)c3ccccc3)[C@@H](OCc3ccccc3)[C@H]2O[C@@H]2OC(COCc3ccccc3)[C@H](O[C@@H]3OC4COC(c5ccccc5)O[C@@H]4[C@H](O)C3OCc3ccccc3)[C@H](OCc3ccccc3)C2NS(=O)(=O)c2ccccc2)C(OCc2ccccc2)C(OCc2ccccc2)[C@@H]1OCc1ccccc1. The average molecular weight is 1760 g/mol. The second-order valence-electron chi connectivity index (χ2n) is 33.4. The number of ether oxygens (including phenoxy) is 16. The highest BCUT2D eigenvalue weighted by Crippen LogP contribution is 2.44. The summed E-state index contributed by atoms with van der Waals surface area (Å²) in [7, 11) is -12.4. The molecule has 0 saturated carbocycles. The van der Waals surface area contributed by atoms with E-state index < -0.39 is 169 Å². The second kappa shape index (κ2) is 43.1. The molecule has 3 N–H and O–H groups in total. The molecule has 125 heavy (non-hydrogen) atoms. The van der Waals surface area contributed by atoms with Crippen LogP contribution in [0.25, 0.3) is 0 Å². The Morgan fingerprint density at radius 2 is 0.720 bits per heavy atom. The lowest BCUT2D eigenvalue weighted by Gasteiger charge is -2.53. The van der Waals surface area contributed by atoms with Crippen molar-refractivity contribution in [1.82, 2.24) is 9.44 Å². The number of fused-ring (bicyclic) bond motifs is 1. The molecule has 10 aromatic carbocycles. The fourth-order valence-electron chi connectivity index (χ4n) is 15.7. The van der Waals surface area contributed by atoms with Gasteiger partial charge in [0, 0.05) is 5.56 Å². The van der Waals surface area contributed by atoms with Crippen molar-refractivity contribution in [3.8, 4) is 0 Å². The Morgan fingerprint density at radius 1 is 0.368 bits per heavy atom. The van der Waals surface area contributed by atoms with E-state index in [4.69, 9.17) is 80.2 Å². The molecule has 5 aliphatic heterocycles. The van der Waals surface area contributed by atoms with Gasteiger partial charge in [-0.1, -0.05) is 300 Å². The molecule has 27 heteroatoms. The predicted molar refractivity (Wildman–Crippen MR) is 468 cm³/mol. The monoisotopic (exact) mass is 1760 g/mol. The van der Waals surface area contributed by atoms with Gasteiger partial charge >= 0.3 is 0 Å². The van der Waals surface area contributed by atoms with Crippen LogP contribution in [0.5, 0.6) is 0 Å². The van der Waals surface area contributed by atoms with E-state index in [1.165, 1.54) is 24.3 Å². The van der Waals surface area contributed by atoms with Gasteiger partial charge in [0.25, 0.3) is 0 Å². The summed E-state index contributed by atoms with van der Waals surface area (Å²) >= 11 is 0. The third kappa shape index (κ3) is 23.9. The number of sulfonamides is 2. The quantitative estimate of drug-likeness (QED) is 0.0303. The molecule has 0 amide bonds. The first-order chi connectivity index (χ1) is 60.7. The van der Waals surface area contributed by atoms with Gasteiger partial charge in [-0.25, -0.2) is 26.3 Å². The number of rotatable bonds is 38. The molecule has 5 fully saturated rings. The van der Waals surface area contributed by atoms with E-state index in [2.05, 4.69) is 30.2 Å². The summed E-state index contributed by atoms with van der Waals surface area (Å²) < 4.78 is 192. The molecule has 9 unspecified atom stereocenters. The molecule has 5 aliphatic rings. The van der Waals surface area contributed by atoms with E-state index in [-0.39, 0.29) is 69.3 Å². The molecule has 0 aromatic heterocycles. The summed E-state index contributed by atoms with van der Waals surface area (Å²) in [6.45, 7) is 11.4. The van der Waals surface area contributed by atoms with Crippen LogP contribution in [0.4, 0.5) is 0 Å². The minimum atomic E-state index is -4.73. The first-order valence-electron chi connectivity index (χ1n) is 42.6. The third-order valence-corrected chi connectivity index (χ3v) is 30.8. The molecule has 0 radical (unpaired) electrons. The van der Waals surface area contributed by atoms with Gasteiger partial charge in [0.2, 0.25) is 20.0 Å². The van der Waals surface area contributed by atoms with Crippen molar-refractivity contribution >= 4 is 28.4 Å². The van der Waals surface area contributed by atoms with Gasteiger partial charge in [-0.15, -0.1) is 0 Å². The minimum Gasteiger partial charge on any atom is -0.391 e. The zero-order valence-corrected chi connectivity index (χ0v) is 73.5. The van der Waals surface area contributed by atoms with Crippen LogP contribution in [-0.2, 0) is 147 Å². The lowest BCUT2D eigenvalue weighted by atomic mass is 9.94. The average Bonchev–Trinajstić information content (AvgIpc) is 0.750. The van der Waals surface area contributed by atoms with E-state index in [0.717, 1.165) is 27.8 Å². The van der Waals surface area contributed by atoms with Gasteiger partial charge < -0.3 is 85.3 Å². The Bertz CT molecular complexity index is 5120. The summed E-state index contributed by atoms with van der Waals surface area (Å²) in [5.74, 6) is 0. The number of hydrogen-bond donors (Lipinski definition) is 3. The molecule has 662 valence electrons. The van der Waals surface area contributed by atoms with Crippen LogP contribution in [0.3, 0.4) is 0 Å². The Hall–Kier alpha value is -8.48. The van der Waals surface area contributed by atoms with Gasteiger partial charge in [0.05, 0.1) is 82.0 Å². The van der Waals surface area contributed by atoms with E-state index in [1.807, 2.05) is 263 Å². The van der Waals surface area contributed by atoms with E-state index >= 15 is 16.8 Å². The highest BCUT2D eigenvalue weighted by molar-refractivity contribution is 7.89. The van der Waals surface area contributed by atoms with Gasteiger partial charge in [-0.05, 0) is 88.3 Å². The zero-order valence-electron chi connectivity index (χ0n) is 70.9. The smallest absolute Gasteiger partial charge is 0.241 e. The summed E-state index contributed by atoms with van der Waals surface area (Å²) in [6.07, 6.45) is -24.2. The minimum absolute atomic E-state index is 0.0262. The predicted octanol–water partition coefficient (Wildman–Crippen LogP) is 14.6. The topological polar surface area (TPSA) is 269 Å². The standard InChI is InChI=1S/C98H112N2O22S2Si/c1-67-84(107-58-69-39-19-8-20-40-69)91(111-62-73-47-27-12-28-48-73)92(112-63-74-49-29-13-30-50-74)96(115-67)114-66-80-87(89(109-60-71-43-23-10-24-44-71)82(95(117-80)122-125(5,6)98(2,3)4)100-124(104,105)77-55-35-16-36-56-77)120-94-81(99-123(102,103)76-53-33-15-34-54-76)88(108-59-70-41-21-9-22-42-70)86(78(116-94)64-106-57-68-37-17-7-18-38-68)121-97-90(110-61-72-45-25-11-26-46-72)83(101)85-79(118-97)65-113-93(119-85)75-51-31-14-32-52-75/h7-56,67,78-97,99-101H,57-66H2,1-6H3/t67-,78?,79?,80?,81?,82?,83-,84+,85-,86-,87-,88+,89+,90?,91?,92?,93?,94-,95-,96-,97-/m0/s1. The second-order valence-corrected chi connectivity index (χ2v) is 41.6. The normalized spacial score (nSPS) is 28.0. The lowest BCUT2D eigenvalue weighted by Crippen LogP contribution is -2.71. The largest absolute Gasteiger partial charge is 0.391 e. The maximum atomic E-state index is 16.0. The maximum Gasteiger partial charge on any atom is 0.241 e. The van der Waals surface area contributed by atoms with Crippen molar-refractivity contribution in [2.75, 3.05) is 19.8 Å². The molecule has 0 bridgehead atoms. The number of benzene rings is 10. The van der Waals surface area contributed by atoms with Crippen LogP contribution < -0.4 is 9.44 Å². The van der Waals surface area contributed by atoms with E-state index in [9.17, 15) is 5.11 Å². The van der Waals surface area contributed by atoms with Crippen molar-refractivity contribution in [1.29, 1.82) is 0 Å². The number of aliphatic hydroxyl groups is 1. The van der Waals surface area contributed by atoms with Crippen LogP contribution in [0.1, 0.15) is 78.5 Å². The summed E-state index contributed by atoms with van der Waals surface area (Å²) in [5.41, 5.74) is 6.30. The molecule has 21 atom stereocenters. The van der Waals surface area contributed by atoms with Crippen LogP contribution >= 0.6 is 0 Å². The van der Waals surface area contributed by atoms with E-state index in [0.29, 0.717) is 16.7 Å². The fourth-order valence-corrected chi connectivity index (χ4v) is 19.4. The molecule has 5 heterocycles. The Morgan fingerprint density at radius 3 is 1.15 bits per heavy atom. The molecule has 0 aliphatic carbocycles. The Labute approximate surface area is 734 Å². The van der Waals surface area contributed by atoms with Crippen molar-refractivity contribution in [2.24, 2.45) is 0 Å².